The molecule has 0 amide bonds. The van der Waals surface area contributed by atoms with Crippen LogP contribution < -0.4 is 10.1 Å². The second-order valence-electron chi connectivity index (χ2n) is 6.09. The largest absolute Gasteiger partial charge is 0.493 e. The lowest BCUT2D eigenvalue weighted by atomic mass is 9.82. The molecule has 0 aliphatic carbocycles. The highest BCUT2D eigenvalue weighted by Crippen LogP contribution is 2.37. The van der Waals surface area contributed by atoms with Crippen LogP contribution in [0.25, 0.3) is 0 Å². The van der Waals surface area contributed by atoms with E-state index in [9.17, 15) is 0 Å². The summed E-state index contributed by atoms with van der Waals surface area (Å²) in [5.41, 5.74) is 1.40. The van der Waals surface area contributed by atoms with Crippen molar-refractivity contribution in [2.45, 2.75) is 58.4 Å². The predicted molar refractivity (Wildman–Crippen MR) is 85.4 cm³/mol. The highest BCUT2D eigenvalue weighted by molar-refractivity contribution is 5.38. The van der Waals surface area contributed by atoms with Gasteiger partial charge in [0.1, 0.15) is 5.75 Å². The van der Waals surface area contributed by atoms with Gasteiger partial charge in [0.15, 0.2) is 0 Å². The molecule has 3 atom stereocenters. The van der Waals surface area contributed by atoms with Gasteiger partial charge < -0.3 is 10.1 Å². The monoisotopic (exact) mass is 275 g/mol. The topological polar surface area (TPSA) is 21.3 Å². The van der Waals surface area contributed by atoms with E-state index >= 15 is 0 Å². The molecule has 1 N–H and O–H groups in total. The number of hydrogen-bond donors (Lipinski definition) is 1. The van der Waals surface area contributed by atoms with Crippen LogP contribution in [0.2, 0.25) is 0 Å². The molecule has 0 aromatic heterocycles. The van der Waals surface area contributed by atoms with E-state index in [1.54, 1.807) is 0 Å². The van der Waals surface area contributed by atoms with Crippen LogP contribution in [0.4, 0.5) is 0 Å². The van der Waals surface area contributed by atoms with Crippen molar-refractivity contribution in [3.05, 3.63) is 29.8 Å². The summed E-state index contributed by atoms with van der Waals surface area (Å²) in [6.45, 7) is 8.86. The van der Waals surface area contributed by atoms with E-state index in [0.717, 1.165) is 31.2 Å². The van der Waals surface area contributed by atoms with Gasteiger partial charge in [0.2, 0.25) is 0 Å². The van der Waals surface area contributed by atoms with Gasteiger partial charge in [-0.1, -0.05) is 45.4 Å². The zero-order valence-corrected chi connectivity index (χ0v) is 13.2. The van der Waals surface area contributed by atoms with Gasteiger partial charge in [-0.25, -0.2) is 0 Å². The highest BCUT2D eigenvalue weighted by atomic mass is 16.5. The molecule has 0 fully saturated rings. The summed E-state index contributed by atoms with van der Waals surface area (Å²) in [6.07, 6.45) is 4.85. The molecule has 2 heteroatoms. The molecule has 0 bridgehead atoms. The maximum absolute atomic E-state index is 5.81. The normalized spacial score (nSPS) is 20.9. The van der Waals surface area contributed by atoms with Crippen molar-refractivity contribution < 1.29 is 4.74 Å². The van der Waals surface area contributed by atoms with E-state index in [1.807, 2.05) is 0 Å². The summed E-state index contributed by atoms with van der Waals surface area (Å²) < 4.78 is 5.81. The fourth-order valence-corrected chi connectivity index (χ4v) is 3.11. The molecule has 0 saturated carbocycles. The standard InChI is InChI=1S/C18H29NO/c1-4-11-19-17(13-14(3)5-2)15-10-12-20-18-9-7-6-8-16(15)18/h6-9,14-15,17,19H,4-5,10-13H2,1-3H3. The van der Waals surface area contributed by atoms with Crippen molar-refractivity contribution in [1.82, 2.24) is 5.32 Å². The van der Waals surface area contributed by atoms with Crippen molar-refractivity contribution in [3.8, 4) is 5.75 Å². The van der Waals surface area contributed by atoms with Crippen LogP contribution in [0.15, 0.2) is 24.3 Å². The van der Waals surface area contributed by atoms with Crippen molar-refractivity contribution >= 4 is 0 Å². The quantitative estimate of drug-likeness (QED) is 0.798. The molecule has 1 heterocycles. The summed E-state index contributed by atoms with van der Waals surface area (Å²) in [7, 11) is 0. The van der Waals surface area contributed by atoms with E-state index in [-0.39, 0.29) is 0 Å². The molecule has 1 aromatic carbocycles. The Morgan fingerprint density at radius 2 is 2.10 bits per heavy atom. The minimum atomic E-state index is 0.579. The van der Waals surface area contributed by atoms with E-state index in [0.29, 0.717) is 12.0 Å². The smallest absolute Gasteiger partial charge is 0.122 e. The Kier molecular flexibility index (Phi) is 5.90. The first-order chi connectivity index (χ1) is 9.76. The summed E-state index contributed by atoms with van der Waals surface area (Å²) >= 11 is 0. The number of nitrogens with one attached hydrogen (secondary N) is 1. The molecule has 3 unspecified atom stereocenters. The number of ether oxygens (including phenoxy) is 1. The Morgan fingerprint density at radius 1 is 1.30 bits per heavy atom. The Hall–Kier alpha value is -1.02. The zero-order chi connectivity index (χ0) is 14.4. The zero-order valence-electron chi connectivity index (χ0n) is 13.2. The number of benzene rings is 1. The van der Waals surface area contributed by atoms with Crippen molar-refractivity contribution in [2.75, 3.05) is 13.2 Å². The van der Waals surface area contributed by atoms with Gasteiger partial charge in [-0.2, -0.15) is 0 Å². The predicted octanol–water partition coefficient (Wildman–Crippen LogP) is 4.36. The number of rotatable bonds is 7. The van der Waals surface area contributed by atoms with E-state index < -0.39 is 0 Å². The molecule has 112 valence electrons. The molecule has 0 saturated heterocycles. The second kappa shape index (κ2) is 7.68. The molecular formula is C18H29NO. The van der Waals surface area contributed by atoms with Crippen LogP contribution in [-0.4, -0.2) is 19.2 Å². The first kappa shape index (κ1) is 15.4. The molecule has 1 aliphatic rings. The number of hydrogen-bond acceptors (Lipinski definition) is 2. The lowest BCUT2D eigenvalue weighted by Crippen LogP contribution is -2.38. The SMILES string of the molecule is CCCNC(CC(C)CC)C1CCOc2ccccc21. The van der Waals surface area contributed by atoms with Gasteiger partial charge >= 0.3 is 0 Å². The Bertz CT molecular complexity index is 404. The van der Waals surface area contributed by atoms with Crippen LogP contribution in [0.3, 0.4) is 0 Å². The van der Waals surface area contributed by atoms with Crippen LogP contribution in [0.5, 0.6) is 5.75 Å². The summed E-state index contributed by atoms with van der Waals surface area (Å²) in [4.78, 5) is 0. The molecule has 2 nitrogen and oxygen atoms in total. The van der Waals surface area contributed by atoms with Crippen LogP contribution in [0, 0.1) is 5.92 Å². The van der Waals surface area contributed by atoms with E-state index in [2.05, 4.69) is 50.4 Å². The fourth-order valence-electron chi connectivity index (χ4n) is 3.11. The first-order valence-electron chi connectivity index (χ1n) is 8.21. The third-order valence-electron chi connectivity index (χ3n) is 4.50. The van der Waals surface area contributed by atoms with Crippen molar-refractivity contribution in [3.63, 3.8) is 0 Å². The van der Waals surface area contributed by atoms with E-state index in [4.69, 9.17) is 4.74 Å². The maximum atomic E-state index is 5.81. The van der Waals surface area contributed by atoms with Gasteiger partial charge in [-0.3, -0.25) is 0 Å². The van der Waals surface area contributed by atoms with Gasteiger partial charge in [-0.15, -0.1) is 0 Å². The number of fused-ring (bicyclic) bond motifs is 1. The summed E-state index contributed by atoms with van der Waals surface area (Å²) in [6, 6.07) is 9.15. The average Bonchev–Trinajstić information content (AvgIpc) is 2.50. The maximum Gasteiger partial charge on any atom is 0.122 e. The van der Waals surface area contributed by atoms with Gasteiger partial charge in [0.05, 0.1) is 6.61 Å². The highest BCUT2D eigenvalue weighted by Gasteiger charge is 2.29. The Labute approximate surface area is 123 Å². The molecule has 0 radical (unpaired) electrons. The minimum Gasteiger partial charge on any atom is -0.493 e. The molecule has 2 rings (SSSR count). The van der Waals surface area contributed by atoms with Crippen LogP contribution >= 0.6 is 0 Å². The van der Waals surface area contributed by atoms with Crippen LogP contribution in [0.1, 0.15) is 57.9 Å². The third kappa shape index (κ3) is 3.76. The van der Waals surface area contributed by atoms with Gasteiger partial charge in [-0.05, 0) is 43.4 Å². The molecular weight excluding hydrogens is 246 g/mol. The van der Waals surface area contributed by atoms with Crippen LogP contribution in [-0.2, 0) is 0 Å². The minimum absolute atomic E-state index is 0.579. The van der Waals surface area contributed by atoms with Gasteiger partial charge in [0.25, 0.3) is 0 Å². The Morgan fingerprint density at radius 3 is 2.85 bits per heavy atom. The third-order valence-corrected chi connectivity index (χ3v) is 4.50. The van der Waals surface area contributed by atoms with Gasteiger partial charge in [0, 0.05) is 12.0 Å². The molecule has 1 aromatic rings. The molecule has 1 aliphatic heterocycles. The van der Waals surface area contributed by atoms with Crippen molar-refractivity contribution in [1.29, 1.82) is 0 Å². The first-order valence-corrected chi connectivity index (χ1v) is 8.21. The summed E-state index contributed by atoms with van der Waals surface area (Å²) in [5, 5.41) is 3.79. The molecule has 0 spiro atoms. The Balaban J connectivity index is 2.15. The molecule has 20 heavy (non-hydrogen) atoms. The van der Waals surface area contributed by atoms with E-state index in [1.165, 1.54) is 24.8 Å². The van der Waals surface area contributed by atoms with Crippen molar-refractivity contribution in [2.24, 2.45) is 5.92 Å². The lowest BCUT2D eigenvalue weighted by molar-refractivity contribution is 0.232. The lowest BCUT2D eigenvalue weighted by Gasteiger charge is -2.34. The average molecular weight is 275 g/mol. The second-order valence-corrected chi connectivity index (χ2v) is 6.09. The fraction of sp³-hybridized carbons (Fsp3) is 0.667. The number of para-hydroxylation sites is 1. The summed E-state index contributed by atoms with van der Waals surface area (Å²) in [5.74, 6) is 2.47.